The van der Waals surface area contributed by atoms with Gasteiger partial charge in [-0.25, -0.2) is 0 Å². The summed E-state index contributed by atoms with van der Waals surface area (Å²) < 4.78 is -0.750. The molecular formula is C21H16N2O2S. The molecule has 1 saturated carbocycles. The van der Waals surface area contributed by atoms with Gasteiger partial charge in [-0.2, -0.15) is 5.26 Å². The lowest BCUT2D eigenvalue weighted by molar-refractivity contribution is -0.142. The molecule has 0 spiro atoms. The molecule has 0 saturated heterocycles. The summed E-state index contributed by atoms with van der Waals surface area (Å²) in [5.74, 6) is -0.756. The molecule has 4 rings (SSSR count). The molecule has 1 heterocycles. The summed E-state index contributed by atoms with van der Waals surface area (Å²) in [5.41, 5.74) is 2.31. The van der Waals surface area contributed by atoms with Crippen LogP contribution in [0.15, 0.2) is 59.6 Å². The van der Waals surface area contributed by atoms with Crippen molar-refractivity contribution < 1.29 is 9.90 Å². The molecule has 1 N–H and O–H groups in total. The third-order valence-corrected chi connectivity index (χ3v) is 6.45. The highest BCUT2D eigenvalue weighted by molar-refractivity contribution is 8.01. The number of aliphatic carboxylic acids is 1. The molecule has 1 aliphatic carbocycles. The van der Waals surface area contributed by atoms with Crippen LogP contribution in [0.3, 0.4) is 0 Å². The first kappa shape index (κ1) is 16.6. The van der Waals surface area contributed by atoms with Crippen molar-refractivity contribution in [2.24, 2.45) is 0 Å². The Hall–Kier alpha value is -2.84. The summed E-state index contributed by atoms with van der Waals surface area (Å²) in [6, 6.07) is 17.5. The molecule has 4 nitrogen and oxygen atoms in total. The molecule has 1 aromatic heterocycles. The van der Waals surface area contributed by atoms with Crippen molar-refractivity contribution in [3.05, 3.63) is 60.3 Å². The first-order chi connectivity index (χ1) is 12.6. The van der Waals surface area contributed by atoms with E-state index in [2.05, 4.69) is 11.1 Å². The van der Waals surface area contributed by atoms with Gasteiger partial charge in [-0.05, 0) is 42.8 Å². The van der Waals surface area contributed by atoms with Gasteiger partial charge < -0.3 is 5.11 Å². The first-order valence-electron chi connectivity index (χ1n) is 8.44. The number of nitriles is 1. The van der Waals surface area contributed by atoms with Gasteiger partial charge >= 0.3 is 5.97 Å². The maximum Gasteiger partial charge on any atom is 0.320 e. The number of nitrogens with zero attached hydrogens (tertiary/aromatic N) is 2. The Morgan fingerprint density at radius 3 is 2.54 bits per heavy atom. The van der Waals surface area contributed by atoms with E-state index in [1.165, 1.54) is 11.8 Å². The Morgan fingerprint density at radius 2 is 1.88 bits per heavy atom. The fourth-order valence-electron chi connectivity index (χ4n) is 3.35. The van der Waals surface area contributed by atoms with Crippen molar-refractivity contribution >= 4 is 28.5 Å². The fourth-order valence-corrected chi connectivity index (χ4v) is 4.75. The number of benzene rings is 2. The van der Waals surface area contributed by atoms with E-state index >= 15 is 0 Å². The van der Waals surface area contributed by atoms with Crippen molar-refractivity contribution in [3.8, 4) is 17.3 Å². The largest absolute Gasteiger partial charge is 0.480 e. The summed E-state index contributed by atoms with van der Waals surface area (Å²) >= 11 is 1.40. The molecule has 1 fully saturated rings. The van der Waals surface area contributed by atoms with Crippen molar-refractivity contribution in [2.45, 2.75) is 28.9 Å². The highest BCUT2D eigenvalue weighted by Crippen LogP contribution is 2.50. The van der Waals surface area contributed by atoms with Crippen LogP contribution in [0.25, 0.3) is 22.0 Å². The van der Waals surface area contributed by atoms with Gasteiger partial charge in [-0.15, -0.1) is 11.8 Å². The maximum atomic E-state index is 11.8. The zero-order chi connectivity index (χ0) is 18.1. The standard InChI is InChI=1S/C21H16N2O2S/c22-13-14-8-9-17(16-6-2-1-5-15(14)16)19-18(7-3-12-23-19)26-21(20(24)25)10-4-11-21/h1-3,5-9,12H,4,10-11H2,(H,24,25). The van der Waals surface area contributed by atoms with E-state index in [-0.39, 0.29) is 0 Å². The van der Waals surface area contributed by atoms with Gasteiger partial charge in [-0.1, -0.05) is 30.3 Å². The number of aromatic nitrogens is 1. The second-order valence-corrected chi connectivity index (χ2v) is 7.85. The number of carboxylic acids is 1. The van der Waals surface area contributed by atoms with Crippen LogP contribution >= 0.6 is 11.8 Å². The smallest absolute Gasteiger partial charge is 0.320 e. The van der Waals surface area contributed by atoms with E-state index in [9.17, 15) is 15.2 Å². The second kappa shape index (κ2) is 6.47. The van der Waals surface area contributed by atoms with E-state index in [1.54, 1.807) is 12.3 Å². The molecule has 0 radical (unpaired) electrons. The van der Waals surface area contributed by atoms with E-state index in [0.29, 0.717) is 18.4 Å². The Bertz CT molecular complexity index is 1050. The molecule has 0 atom stereocenters. The number of fused-ring (bicyclic) bond motifs is 1. The van der Waals surface area contributed by atoms with Crippen molar-refractivity contribution in [3.63, 3.8) is 0 Å². The van der Waals surface area contributed by atoms with Gasteiger partial charge in [0.2, 0.25) is 0 Å². The minimum Gasteiger partial charge on any atom is -0.480 e. The monoisotopic (exact) mass is 360 g/mol. The Morgan fingerprint density at radius 1 is 1.12 bits per heavy atom. The Kier molecular flexibility index (Phi) is 4.14. The zero-order valence-corrected chi connectivity index (χ0v) is 14.8. The molecule has 2 aromatic carbocycles. The van der Waals surface area contributed by atoms with Crippen LogP contribution in [-0.4, -0.2) is 20.8 Å². The fraction of sp³-hybridized carbons (Fsp3) is 0.190. The number of hydrogen-bond donors (Lipinski definition) is 1. The van der Waals surface area contributed by atoms with E-state index in [1.807, 2.05) is 42.5 Å². The normalized spacial score (nSPS) is 15.2. The number of rotatable bonds is 4. The SMILES string of the molecule is N#Cc1ccc(-c2ncccc2SC2(C(=O)O)CCC2)c2ccccc12. The summed E-state index contributed by atoms with van der Waals surface area (Å²) in [6.07, 6.45) is 4.01. The van der Waals surface area contributed by atoms with Crippen molar-refractivity contribution in [1.29, 1.82) is 5.26 Å². The molecule has 5 heteroatoms. The van der Waals surface area contributed by atoms with Crippen LogP contribution in [0.5, 0.6) is 0 Å². The highest BCUT2D eigenvalue weighted by atomic mass is 32.2. The van der Waals surface area contributed by atoms with Crippen molar-refractivity contribution in [1.82, 2.24) is 4.98 Å². The Balaban J connectivity index is 1.87. The van der Waals surface area contributed by atoms with Crippen LogP contribution in [0, 0.1) is 11.3 Å². The van der Waals surface area contributed by atoms with Crippen LogP contribution in [0.2, 0.25) is 0 Å². The zero-order valence-electron chi connectivity index (χ0n) is 14.0. The predicted molar refractivity (Wildman–Crippen MR) is 102 cm³/mol. The number of carbonyl (C=O) groups is 1. The quantitative estimate of drug-likeness (QED) is 0.718. The topological polar surface area (TPSA) is 74.0 Å². The molecule has 0 amide bonds. The van der Waals surface area contributed by atoms with Gasteiger partial charge in [0.15, 0.2) is 0 Å². The Labute approximate surface area is 155 Å². The number of thioether (sulfide) groups is 1. The second-order valence-electron chi connectivity index (χ2n) is 6.42. The van der Waals surface area contributed by atoms with Gasteiger partial charge in [-0.3, -0.25) is 9.78 Å². The molecule has 3 aromatic rings. The lowest BCUT2D eigenvalue weighted by Gasteiger charge is -2.37. The van der Waals surface area contributed by atoms with Gasteiger partial charge in [0.25, 0.3) is 0 Å². The van der Waals surface area contributed by atoms with E-state index in [0.717, 1.165) is 33.3 Å². The van der Waals surface area contributed by atoms with E-state index in [4.69, 9.17) is 0 Å². The summed E-state index contributed by atoms with van der Waals surface area (Å²) in [5, 5.41) is 20.9. The minimum atomic E-state index is -0.756. The maximum absolute atomic E-state index is 11.8. The average Bonchev–Trinajstić information content (AvgIpc) is 2.64. The van der Waals surface area contributed by atoms with E-state index < -0.39 is 10.7 Å². The van der Waals surface area contributed by atoms with Crippen LogP contribution in [-0.2, 0) is 4.79 Å². The number of hydrogen-bond acceptors (Lipinski definition) is 4. The number of pyridine rings is 1. The average molecular weight is 360 g/mol. The minimum absolute atomic E-state index is 0.621. The van der Waals surface area contributed by atoms with Crippen LogP contribution in [0.1, 0.15) is 24.8 Å². The first-order valence-corrected chi connectivity index (χ1v) is 9.26. The molecule has 0 bridgehead atoms. The molecule has 1 aliphatic rings. The summed E-state index contributed by atoms with van der Waals surface area (Å²) in [6.45, 7) is 0. The highest BCUT2D eigenvalue weighted by Gasteiger charge is 2.46. The third kappa shape index (κ3) is 2.63. The third-order valence-electron chi connectivity index (χ3n) is 4.93. The van der Waals surface area contributed by atoms with Crippen LogP contribution < -0.4 is 0 Å². The van der Waals surface area contributed by atoms with Gasteiger partial charge in [0.1, 0.15) is 4.75 Å². The van der Waals surface area contributed by atoms with Crippen LogP contribution in [0.4, 0.5) is 0 Å². The molecule has 0 aliphatic heterocycles. The predicted octanol–water partition coefficient (Wildman–Crippen LogP) is 4.87. The lowest BCUT2D eigenvalue weighted by Crippen LogP contribution is -2.41. The lowest BCUT2D eigenvalue weighted by atomic mass is 9.84. The molecule has 0 unspecified atom stereocenters. The van der Waals surface area contributed by atoms with Gasteiger partial charge in [0.05, 0.1) is 17.3 Å². The molecule has 26 heavy (non-hydrogen) atoms. The molecular weight excluding hydrogens is 344 g/mol. The number of carboxylic acid groups (broad SMARTS) is 1. The summed E-state index contributed by atoms with van der Waals surface area (Å²) in [4.78, 5) is 17.2. The van der Waals surface area contributed by atoms with Crippen molar-refractivity contribution in [2.75, 3.05) is 0 Å². The summed E-state index contributed by atoms with van der Waals surface area (Å²) in [7, 11) is 0. The van der Waals surface area contributed by atoms with Gasteiger partial charge in [0, 0.05) is 22.0 Å². The molecule has 128 valence electrons.